The van der Waals surface area contributed by atoms with Gasteiger partial charge in [0.05, 0.1) is 0 Å². The molecule has 1 unspecified atom stereocenters. The van der Waals surface area contributed by atoms with E-state index in [0.717, 1.165) is 19.6 Å². The monoisotopic (exact) mass is 282 g/mol. The Hall–Kier alpha value is -0.380. The lowest BCUT2D eigenvalue weighted by molar-refractivity contribution is 0.200. The number of aryl methyl sites for hydroxylation is 1. The van der Waals surface area contributed by atoms with Crippen molar-refractivity contribution in [1.82, 2.24) is 10.2 Å². The Morgan fingerprint density at radius 3 is 2.58 bits per heavy atom. The van der Waals surface area contributed by atoms with Gasteiger partial charge in [0, 0.05) is 28.9 Å². The lowest BCUT2D eigenvalue weighted by Gasteiger charge is -2.27. The molecule has 2 nitrogen and oxygen atoms in total. The topological polar surface area (TPSA) is 15.3 Å². The molecule has 3 heteroatoms. The summed E-state index contributed by atoms with van der Waals surface area (Å²) < 4.78 is 0. The number of nitrogens with zero attached hydrogens (tertiary/aromatic N) is 1. The molecule has 1 heterocycles. The molecule has 0 radical (unpaired) electrons. The summed E-state index contributed by atoms with van der Waals surface area (Å²) in [7, 11) is 2.23. The highest BCUT2D eigenvalue weighted by Gasteiger charge is 2.15. The first kappa shape index (κ1) is 16.7. The summed E-state index contributed by atoms with van der Waals surface area (Å²) in [5.74, 6) is 0.703. The fourth-order valence-electron chi connectivity index (χ4n) is 2.14. The van der Waals surface area contributed by atoms with Crippen molar-refractivity contribution in [3.8, 4) is 0 Å². The Balaban J connectivity index is 2.58. The number of thiophene rings is 1. The molecule has 0 saturated heterocycles. The lowest BCUT2D eigenvalue weighted by Crippen LogP contribution is -2.32. The van der Waals surface area contributed by atoms with Crippen LogP contribution >= 0.6 is 11.3 Å². The van der Waals surface area contributed by atoms with E-state index in [1.807, 2.05) is 11.3 Å². The van der Waals surface area contributed by atoms with E-state index < -0.39 is 0 Å². The van der Waals surface area contributed by atoms with Crippen molar-refractivity contribution < 1.29 is 0 Å². The third-order valence-corrected chi connectivity index (χ3v) is 4.97. The third-order valence-electron chi connectivity index (χ3n) is 3.88. The average molecular weight is 282 g/mol. The number of hydrogen-bond donors (Lipinski definition) is 1. The van der Waals surface area contributed by atoms with Gasteiger partial charge in [-0.2, -0.15) is 0 Å². The van der Waals surface area contributed by atoms with Crippen LogP contribution in [-0.2, 0) is 13.1 Å². The minimum atomic E-state index is 0.626. The summed E-state index contributed by atoms with van der Waals surface area (Å²) in [6.07, 6.45) is 1.20. The van der Waals surface area contributed by atoms with Gasteiger partial charge in [-0.15, -0.1) is 11.3 Å². The van der Waals surface area contributed by atoms with E-state index in [9.17, 15) is 0 Å². The van der Waals surface area contributed by atoms with Crippen LogP contribution < -0.4 is 5.32 Å². The zero-order chi connectivity index (χ0) is 14.4. The van der Waals surface area contributed by atoms with Crippen LogP contribution in [0, 0.1) is 12.8 Å². The maximum atomic E-state index is 3.48. The van der Waals surface area contributed by atoms with Crippen LogP contribution in [0.4, 0.5) is 0 Å². The Morgan fingerprint density at radius 2 is 2.00 bits per heavy atom. The molecule has 19 heavy (non-hydrogen) atoms. The van der Waals surface area contributed by atoms with Gasteiger partial charge in [0.1, 0.15) is 0 Å². The molecule has 0 fully saturated rings. The molecular weight excluding hydrogens is 252 g/mol. The SMILES string of the molecule is CCCNCc1cc(CN(C)C(C)C(C)C)c(C)s1. The fraction of sp³-hybridized carbons (Fsp3) is 0.750. The number of rotatable bonds is 8. The van der Waals surface area contributed by atoms with Gasteiger partial charge in [0.25, 0.3) is 0 Å². The van der Waals surface area contributed by atoms with Crippen molar-refractivity contribution in [3.05, 3.63) is 21.4 Å². The smallest absolute Gasteiger partial charge is 0.0299 e. The van der Waals surface area contributed by atoms with Gasteiger partial charge in [0.15, 0.2) is 0 Å². The van der Waals surface area contributed by atoms with Crippen LogP contribution in [0.5, 0.6) is 0 Å². The average Bonchev–Trinajstić information content (AvgIpc) is 2.69. The second kappa shape index (κ2) is 8.03. The minimum Gasteiger partial charge on any atom is -0.312 e. The molecule has 0 aliphatic rings. The first-order valence-electron chi connectivity index (χ1n) is 7.44. The Morgan fingerprint density at radius 1 is 1.32 bits per heavy atom. The van der Waals surface area contributed by atoms with Gasteiger partial charge in [-0.3, -0.25) is 4.90 Å². The van der Waals surface area contributed by atoms with Gasteiger partial charge in [0.2, 0.25) is 0 Å². The van der Waals surface area contributed by atoms with Crippen molar-refractivity contribution >= 4 is 11.3 Å². The van der Waals surface area contributed by atoms with E-state index in [4.69, 9.17) is 0 Å². The van der Waals surface area contributed by atoms with Crippen molar-refractivity contribution in [2.24, 2.45) is 5.92 Å². The predicted octanol–water partition coefficient (Wildman–Crippen LogP) is 4.03. The quantitative estimate of drug-likeness (QED) is 0.724. The Bertz CT molecular complexity index is 371. The zero-order valence-electron chi connectivity index (χ0n) is 13.4. The van der Waals surface area contributed by atoms with Gasteiger partial charge < -0.3 is 5.32 Å². The third kappa shape index (κ3) is 5.25. The molecule has 0 saturated carbocycles. The molecule has 1 aromatic rings. The van der Waals surface area contributed by atoms with Gasteiger partial charge >= 0.3 is 0 Å². The molecule has 0 aliphatic carbocycles. The highest BCUT2D eigenvalue weighted by molar-refractivity contribution is 7.12. The standard InChI is InChI=1S/C16H30N2S/c1-7-8-17-10-16-9-15(14(5)19-16)11-18(6)13(4)12(2)3/h9,12-13,17H,7-8,10-11H2,1-6H3. The van der Waals surface area contributed by atoms with Crippen LogP contribution in [0.2, 0.25) is 0 Å². The molecule has 0 aliphatic heterocycles. The molecule has 1 atom stereocenters. The largest absolute Gasteiger partial charge is 0.312 e. The van der Waals surface area contributed by atoms with E-state index >= 15 is 0 Å². The Labute approximate surface area is 123 Å². The number of nitrogens with one attached hydrogen (secondary N) is 1. The summed E-state index contributed by atoms with van der Waals surface area (Å²) in [4.78, 5) is 5.39. The van der Waals surface area contributed by atoms with Crippen LogP contribution in [-0.4, -0.2) is 24.5 Å². The summed E-state index contributed by atoms with van der Waals surface area (Å²) in [5, 5.41) is 3.48. The summed E-state index contributed by atoms with van der Waals surface area (Å²) in [5.41, 5.74) is 1.49. The van der Waals surface area contributed by atoms with E-state index in [1.54, 1.807) is 0 Å². The fourth-order valence-corrected chi connectivity index (χ4v) is 3.16. The van der Waals surface area contributed by atoms with Crippen molar-refractivity contribution in [2.75, 3.05) is 13.6 Å². The first-order valence-corrected chi connectivity index (χ1v) is 8.26. The maximum Gasteiger partial charge on any atom is 0.0299 e. The minimum absolute atomic E-state index is 0.626. The summed E-state index contributed by atoms with van der Waals surface area (Å²) in [6.45, 7) is 14.5. The molecule has 1 rings (SSSR count). The van der Waals surface area contributed by atoms with E-state index in [2.05, 4.69) is 57.9 Å². The maximum absolute atomic E-state index is 3.48. The van der Waals surface area contributed by atoms with E-state index in [0.29, 0.717) is 12.0 Å². The second-order valence-corrected chi connectivity index (χ2v) is 7.21. The molecule has 0 spiro atoms. The molecular formula is C16H30N2S. The molecule has 0 bridgehead atoms. The van der Waals surface area contributed by atoms with Gasteiger partial charge in [-0.05, 0) is 51.4 Å². The molecule has 1 N–H and O–H groups in total. The van der Waals surface area contributed by atoms with Crippen molar-refractivity contribution in [2.45, 2.75) is 60.2 Å². The molecule has 0 amide bonds. The van der Waals surface area contributed by atoms with Crippen molar-refractivity contribution in [1.29, 1.82) is 0 Å². The predicted molar refractivity (Wildman–Crippen MR) is 86.8 cm³/mol. The highest BCUT2D eigenvalue weighted by Crippen LogP contribution is 2.24. The normalized spacial score (nSPS) is 13.5. The molecule has 1 aromatic heterocycles. The summed E-state index contributed by atoms with van der Waals surface area (Å²) >= 11 is 1.94. The van der Waals surface area contributed by atoms with Crippen LogP contribution in [0.15, 0.2) is 6.07 Å². The molecule has 0 aromatic carbocycles. The van der Waals surface area contributed by atoms with Crippen LogP contribution in [0.1, 0.15) is 49.4 Å². The van der Waals surface area contributed by atoms with E-state index in [1.165, 1.54) is 21.7 Å². The lowest BCUT2D eigenvalue weighted by atomic mass is 10.0. The Kier molecular flexibility index (Phi) is 7.05. The van der Waals surface area contributed by atoms with Crippen molar-refractivity contribution in [3.63, 3.8) is 0 Å². The van der Waals surface area contributed by atoms with E-state index in [-0.39, 0.29) is 0 Å². The second-order valence-electron chi connectivity index (χ2n) is 5.87. The summed E-state index contributed by atoms with van der Waals surface area (Å²) in [6, 6.07) is 3.01. The van der Waals surface area contributed by atoms with Gasteiger partial charge in [-0.1, -0.05) is 20.8 Å². The number of hydrogen-bond acceptors (Lipinski definition) is 3. The highest BCUT2D eigenvalue weighted by atomic mass is 32.1. The van der Waals surface area contributed by atoms with Crippen LogP contribution in [0.3, 0.4) is 0 Å². The molecule has 110 valence electrons. The zero-order valence-corrected chi connectivity index (χ0v) is 14.2. The van der Waals surface area contributed by atoms with Gasteiger partial charge in [-0.25, -0.2) is 0 Å². The van der Waals surface area contributed by atoms with Crippen LogP contribution in [0.25, 0.3) is 0 Å². The first-order chi connectivity index (χ1) is 8.95.